The van der Waals surface area contributed by atoms with Gasteiger partial charge in [0.1, 0.15) is 5.82 Å². The Morgan fingerprint density at radius 3 is 2.83 bits per heavy atom. The number of nitrogens with zero attached hydrogens (tertiary/aromatic N) is 3. The second kappa shape index (κ2) is 4.65. The average Bonchev–Trinajstić information content (AvgIpc) is 2.70. The van der Waals surface area contributed by atoms with Crippen LogP contribution in [0.3, 0.4) is 0 Å². The van der Waals surface area contributed by atoms with Crippen LogP contribution in [0.15, 0.2) is 12.1 Å². The zero-order chi connectivity index (χ0) is 13.3. The van der Waals surface area contributed by atoms with Gasteiger partial charge in [0.05, 0.1) is 17.6 Å². The summed E-state index contributed by atoms with van der Waals surface area (Å²) in [6.07, 6.45) is 0. The largest absolute Gasteiger partial charge is 0.481 e. The lowest BCUT2D eigenvalue weighted by Gasteiger charge is -2.17. The summed E-state index contributed by atoms with van der Waals surface area (Å²) in [5.74, 6) is -0.339. The molecule has 1 aliphatic heterocycles. The first-order valence-corrected chi connectivity index (χ1v) is 5.88. The maximum absolute atomic E-state index is 11.1. The number of rotatable bonds is 2. The summed E-state index contributed by atoms with van der Waals surface area (Å²) < 4.78 is 0. The number of aliphatic carboxylic acids is 1. The molecule has 0 amide bonds. The van der Waals surface area contributed by atoms with E-state index in [1.165, 1.54) is 0 Å². The Balaban J connectivity index is 2.26. The molecule has 1 aromatic rings. The van der Waals surface area contributed by atoms with E-state index >= 15 is 0 Å². The van der Waals surface area contributed by atoms with Crippen molar-refractivity contribution in [1.82, 2.24) is 4.98 Å². The minimum absolute atomic E-state index is 0.0929. The molecule has 1 N–H and O–H groups in total. The van der Waals surface area contributed by atoms with E-state index in [9.17, 15) is 4.79 Å². The van der Waals surface area contributed by atoms with Crippen LogP contribution in [0.4, 0.5) is 5.82 Å². The highest BCUT2D eigenvalue weighted by Gasteiger charge is 2.35. The van der Waals surface area contributed by atoms with Crippen LogP contribution >= 0.6 is 0 Å². The van der Waals surface area contributed by atoms with E-state index in [2.05, 4.69) is 11.1 Å². The van der Waals surface area contributed by atoms with Crippen molar-refractivity contribution >= 4 is 11.8 Å². The normalized spacial score (nSPS) is 22.8. The smallest absolute Gasteiger partial charge is 0.308 e. The van der Waals surface area contributed by atoms with Gasteiger partial charge in [-0.15, -0.1) is 0 Å². The van der Waals surface area contributed by atoms with Gasteiger partial charge in [0.25, 0.3) is 0 Å². The fourth-order valence-electron chi connectivity index (χ4n) is 2.35. The Morgan fingerprint density at radius 1 is 1.56 bits per heavy atom. The first-order chi connectivity index (χ1) is 8.51. The summed E-state index contributed by atoms with van der Waals surface area (Å²) in [7, 11) is 0. The quantitative estimate of drug-likeness (QED) is 0.852. The molecule has 1 saturated heterocycles. The second-order valence-electron chi connectivity index (χ2n) is 4.79. The molecule has 0 bridgehead atoms. The van der Waals surface area contributed by atoms with Gasteiger partial charge in [-0.05, 0) is 25.0 Å². The van der Waals surface area contributed by atoms with Gasteiger partial charge in [0.15, 0.2) is 0 Å². The molecule has 1 fully saturated rings. The van der Waals surface area contributed by atoms with Gasteiger partial charge in [-0.2, -0.15) is 5.26 Å². The fourth-order valence-corrected chi connectivity index (χ4v) is 2.35. The zero-order valence-electron chi connectivity index (χ0n) is 10.4. The first kappa shape index (κ1) is 12.4. The molecule has 0 unspecified atom stereocenters. The molecule has 1 aliphatic rings. The highest BCUT2D eigenvalue weighted by atomic mass is 16.4. The second-order valence-corrected chi connectivity index (χ2v) is 4.79. The number of carboxylic acid groups (broad SMARTS) is 1. The van der Waals surface area contributed by atoms with E-state index in [4.69, 9.17) is 10.4 Å². The third-order valence-electron chi connectivity index (χ3n) is 3.32. The highest BCUT2D eigenvalue weighted by Crippen LogP contribution is 2.27. The van der Waals surface area contributed by atoms with Gasteiger partial charge in [-0.1, -0.05) is 6.92 Å². The first-order valence-electron chi connectivity index (χ1n) is 5.88. The Morgan fingerprint density at radius 2 is 2.28 bits per heavy atom. The van der Waals surface area contributed by atoms with Crippen molar-refractivity contribution in [2.45, 2.75) is 13.8 Å². The van der Waals surface area contributed by atoms with Crippen LogP contribution in [-0.4, -0.2) is 29.1 Å². The van der Waals surface area contributed by atoms with Crippen molar-refractivity contribution in [2.24, 2.45) is 11.8 Å². The Hall–Kier alpha value is -2.09. The van der Waals surface area contributed by atoms with Gasteiger partial charge in [-0.25, -0.2) is 4.98 Å². The molecule has 5 heteroatoms. The van der Waals surface area contributed by atoms with E-state index in [-0.39, 0.29) is 11.8 Å². The van der Waals surface area contributed by atoms with E-state index in [0.717, 1.165) is 5.69 Å². The minimum atomic E-state index is -0.766. The number of aryl methyl sites for hydroxylation is 1. The molecule has 18 heavy (non-hydrogen) atoms. The van der Waals surface area contributed by atoms with E-state index in [1.54, 1.807) is 12.1 Å². The maximum Gasteiger partial charge on any atom is 0.308 e. The summed E-state index contributed by atoms with van der Waals surface area (Å²) >= 11 is 0. The molecule has 0 aliphatic carbocycles. The van der Waals surface area contributed by atoms with Crippen molar-refractivity contribution in [3.8, 4) is 6.07 Å². The Kier molecular flexibility index (Phi) is 3.19. The SMILES string of the molecule is Cc1cc(C#N)cc(N2C[C@@H](C)[C@H](C(=O)O)C2)n1. The Bertz CT molecular complexity index is 521. The molecule has 0 radical (unpaired) electrons. The average molecular weight is 245 g/mol. The molecule has 2 rings (SSSR count). The molecule has 94 valence electrons. The molecular formula is C13H15N3O2. The molecule has 1 aromatic heterocycles. The number of hydrogen-bond acceptors (Lipinski definition) is 4. The van der Waals surface area contributed by atoms with Crippen LogP contribution in [0.5, 0.6) is 0 Å². The molecule has 0 aromatic carbocycles. The molecular weight excluding hydrogens is 230 g/mol. The van der Waals surface area contributed by atoms with Gasteiger partial charge >= 0.3 is 5.97 Å². The van der Waals surface area contributed by atoms with Gasteiger partial charge in [0.2, 0.25) is 0 Å². The maximum atomic E-state index is 11.1. The van der Waals surface area contributed by atoms with Crippen molar-refractivity contribution < 1.29 is 9.90 Å². The topological polar surface area (TPSA) is 77.2 Å². The van der Waals surface area contributed by atoms with E-state index in [0.29, 0.717) is 24.5 Å². The summed E-state index contributed by atoms with van der Waals surface area (Å²) in [5, 5.41) is 18.0. The summed E-state index contributed by atoms with van der Waals surface area (Å²) in [6.45, 7) is 4.88. The van der Waals surface area contributed by atoms with Crippen molar-refractivity contribution in [3.05, 3.63) is 23.4 Å². The van der Waals surface area contributed by atoms with Crippen molar-refractivity contribution in [1.29, 1.82) is 5.26 Å². The number of nitriles is 1. The lowest BCUT2D eigenvalue weighted by molar-refractivity contribution is -0.142. The third-order valence-corrected chi connectivity index (χ3v) is 3.32. The predicted molar refractivity (Wildman–Crippen MR) is 66.2 cm³/mol. The molecule has 0 saturated carbocycles. The summed E-state index contributed by atoms with van der Waals surface area (Å²) in [5.41, 5.74) is 1.33. The minimum Gasteiger partial charge on any atom is -0.481 e. The van der Waals surface area contributed by atoms with Crippen LogP contribution in [-0.2, 0) is 4.79 Å². The van der Waals surface area contributed by atoms with E-state index < -0.39 is 5.97 Å². The zero-order valence-corrected chi connectivity index (χ0v) is 10.4. The fraction of sp³-hybridized carbons (Fsp3) is 0.462. The van der Waals surface area contributed by atoms with Gasteiger partial charge in [0, 0.05) is 18.8 Å². The number of aromatic nitrogens is 1. The number of carbonyl (C=O) groups is 1. The monoisotopic (exact) mass is 245 g/mol. The molecule has 2 atom stereocenters. The van der Waals surface area contributed by atoms with Crippen LogP contribution in [0.1, 0.15) is 18.2 Å². The molecule has 5 nitrogen and oxygen atoms in total. The van der Waals surface area contributed by atoms with Crippen molar-refractivity contribution in [3.63, 3.8) is 0 Å². The predicted octanol–water partition coefficient (Wildman–Crippen LogP) is 1.42. The van der Waals surface area contributed by atoms with Crippen molar-refractivity contribution in [2.75, 3.05) is 18.0 Å². The van der Waals surface area contributed by atoms with E-state index in [1.807, 2.05) is 18.7 Å². The Labute approximate surface area is 106 Å². The van der Waals surface area contributed by atoms with Crippen LogP contribution in [0.25, 0.3) is 0 Å². The van der Waals surface area contributed by atoms with Crippen LogP contribution in [0, 0.1) is 30.1 Å². The molecule has 2 heterocycles. The standard InChI is InChI=1S/C13H15N3O2/c1-8-6-16(7-11(8)13(17)18)12-4-10(5-14)3-9(2)15-12/h3-4,8,11H,6-7H2,1-2H3,(H,17,18)/t8-,11-/m1/s1. The highest BCUT2D eigenvalue weighted by molar-refractivity contribution is 5.72. The van der Waals surface area contributed by atoms with Gasteiger partial charge in [-0.3, -0.25) is 4.79 Å². The number of carboxylic acids is 1. The lowest BCUT2D eigenvalue weighted by Crippen LogP contribution is -2.23. The number of pyridine rings is 1. The number of anilines is 1. The lowest BCUT2D eigenvalue weighted by atomic mass is 9.99. The molecule has 0 spiro atoms. The third kappa shape index (κ3) is 2.28. The van der Waals surface area contributed by atoms with Crippen LogP contribution < -0.4 is 4.90 Å². The number of hydrogen-bond donors (Lipinski definition) is 1. The summed E-state index contributed by atoms with van der Waals surface area (Å²) in [4.78, 5) is 17.4. The van der Waals surface area contributed by atoms with Crippen LogP contribution in [0.2, 0.25) is 0 Å². The van der Waals surface area contributed by atoms with Gasteiger partial charge < -0.3 is 10.0 Å². The summed E-state index contributed by atoms with van der Waals surface area (Å²) in [6, 6.07) is 5.53.